The van der Waals surface area contributed by atoms with Gasteiger partial charge in [-0.1, -0.05) is 29.3 Å². The molecule has 1 heterocycles. The lowest BCUT2D eigenvalue weighted by Gasteiger charge is -2.36. The first-order valence-electron chi connectivity index (χ1n) is 8.17. The monoisotopic (exact) mass is 394 g/mol. The van der Waals surface area contributed by atoms with Gasteiger partial charge < -0.3 is 9.80 Å². The lowest BCUT2D eigenvalue weighted by molar-refractivity contribution is 0.0746. The van der Waals surface area contributed by atoms with Gasteiger partial charge in [0.2, 0.25) is 0 Å². The number of halogens is 3. The number of amides is 1. The van der Waals surface area contributed by atoms with E-state index in [1.54, 1.807) is 35.2 Å². The molecule has 0 aromatic heterocycles. The van der Waals surface area contributed by atoms with Crippen LogP contribution in [-0.4, -0.2) is 42.8 Å². The number of carbonyl (C=O) groups excluding carboxylic acids is 2. The zero-order chi connectivity index (χ0) is 18.8. The van der Waals surface area contributed by atoms with Crippen LogP contribution in [0.25, 0.3) is 0 Å². The second kappa shape index (κ2) is 7.64. The zero-order valence-electron chi connectivity index (χ0n) is 14.1. The number of hydrogen-bond acceptors (Lipinski definition) is 3. The number of hydrogen-bond donors (Lipinski definition) is 0. The van der Waals surface area contributed by atoms with Gasteiger partial charge in [0.05, 0.1) is 21.3 Å². The third-order valence-corrected chi connectivity index (χ3v) is 5.26. The van der Waals surface area contributed by atoms with Crippen molar-refractivity contribution in [2.75, 3.05) is 31.1 Å². The van der Waals surface area contributed by atoms with E-state index in [0.717, 1.165) is 0 Å². The quantitative estimate of drug-likeness (QED) is 0.728. The van der Waals surface area contributed by atoms with Crippen molar-refractivity contribution >= 4 is 40.6 Å². The topological polar surface area (TPSA) is 40.6 Å². The Hall–Kier alpha value is -2.11. The normalized spacial score (nSPS) is 14.5. The molecule has 0 saturated carbocycles. The van der Waals surface area contributed by atoms with Crippen molar-refractivity contribution in [2.24, 2.45) is 0 Å². The average molecular weight is 395 g/mol. The van der Waals surface area contributed by atoms with E-state index in [9.17, 15) is 14.0 Å². The predicted molar refractivity (Wildman–Crippen MR) is 101 cm³/mol. The van der Waals surface area contributed by atoms with Crippen LogP contribution in [0.2, 0.25) is 10.0 Å². The Morgan fingerprint density at radius 2 is 1.73 bits per heavy atom. The highest BCUT2D eigenvalue weighted by Gasteiger charge is 2.25. The van der Waals surface area contributed by atoms with Gasteiger partial charge in [-0.15, -0.1) is 0 Å². The first-order chi connectivity index (χ1) is 12.4. The molecule has 1 aliphatic heterocycles. The maximum absolute atomic E-state index is 14.3. The van der Waals surface area contributed by atoms with E-state index in [2.05, 4.69) is 0 Å². The van der Waals surface area contributed by atoms with Crippen molar-refractivity contribution < 1.29 is 14.0 Å². The molecule has 1 amide bonds. The third kappa shape index (κ3) is 3.69. The Labute approximate surface area is 161 Å². The summed E-state index contributed by atoms with van der Waals surface area (Å²) in [5.74, 6) is -0.802. The largest absolute Gasteiger partial charge is 0.366 e. The van der Waals surface area contributed by atoms with Crippen molar-refractivity contribution in [3.05, 3.63) is 63.4 Å². The van der Waals surface area contributed by atoms with Crippen LogP contribution in [0.1, 0.15) is 27.6 Å². The minimum Gasteiger partial charge on any atom is -0.366 e. The molecule has 0 unspecified atom stereocenters. The molecule has 0 N–H and O–H groups in total. The van der Waals surface area contributed by atoms with Gasteiger partial charge in [0.15, 0.2) is 5.78 Å². The SMILES string of the molecule is CC(=O)c1ccc(N2CCN(C(=O)c3cccc(Cl)c3Cl)CC2)c(F)c1. The van der Waals surface area contributed by atoms with Crippen LogP contribution in [0.15, 0.2) is 36.4 Å². The Morgan fingerprint density at radius 3 is 2.35 bits per heavy atom. The fourth-order valence-electron chi connectivity index (χ4n) is 2.97. The Kier molecular flexibility index (Phi) is 5.49. The van der Waals surface area contributed by atoms with E-state index in [0.29, 0.717) is 48.0 Å². The molecule has 0 aliphatic carbocycles. The van der Waals surface area contributed by atoms with Crippen molar-refractivity contribution in [3.63, 3.8) is 0 Å². The van der Waals surface area contributed by atoms with E-state index < -0.39 is 5.82 Å². The van der Waals surface area contributed by atoms with Crippen molar-refractivity contribution in [1.82, 2.24) is 4.90 Å². The molecule has 3 rings (SSSR count). The van der Waals surface area contributed by atoms with E-state index in [-0.39, 0.29) is 16.7 Å². The summed E-state index contributed by atoms with van der Waals surface area (Å²) in [7, 11) is 0. The summed E-state index contributed by atoms with van der Waals surface area (Å²) in [6.45, 7) is 3.26. The van der Waals surface area contributed by atoms with Gasteiger partial charge in [-0.05, 0) is 37.3 Å². The Bertz CT molecular complexity index is 865. The van der Waals surface area contributed by atoms with Crippen molar-refractivity contribution in [2.45, 2.75) is 6.92 Å². The van der Waals surface area contributed by atoms with Crippen LogP contribution in [0.5, 0.6) is 0 Å². The van der Waals surface area contributed by atoms with Crippen LogP contribution in [0.3, 0.4) is 0 Å². The molecule has 4 nitrogen and oxygen atoms in total. The predicted octanol–water partition coefficient (Wildman–Crippen LogP) is 4.30. The van der Waals surface area contributed by atoms with Gasteiger partial charge in [-0.25, -0.2) is 4.39 Å². The molecule has 1 aliphatic rings. The number of anilines is 1. The zero-order valence-corrected chi connectivity index (χ0v) is 15.6. The third-order valence-electron chi connectivity index (χ3n) is 4.44. The average Bonchev–Trinajstić information content (AvgIpc) is 2.63. The van der Waals surface area contributed by atoms with Gasteiger partial charge in [0.1, 0.15) is 5.82 Å². The van der Waals surface area contributed by atoms with E-state index in [4.69, 9.17) is 23.2 Å². The molecular formula is C19H17Cl2FN2O2. The fourth-order valence-corrected chi connectivity index (χ4v) is 3.35. The van der Waals surface area contributed by atoms with E-state index >= 15 is 0 Å². The van der Waals surface area contributed by atoms with Crippen LogP contribution in [0.4, 0.5) is 10.1 Å². The number of nitrogens with zero attached hydrogens (tertiary/aromatic N) is 2. The molecule has 0 radical (unpaired) electrons. The van der Waals surface area contributed by atoms with Crippen molar-refractivity contribution in [1.29, 1.82) is 0 Å². The molecule has 2 aromatic carbocycles. The molecule has 2 aromatic rings. The number of benzene rings is 2. The first-order valence-corrected chi connectivity index (χ1v) is 8.93. The number of ketones is 1. The minimum absolute atomic E-state index is 0.177. The smallest absolute Gasteiger partial charge is 0.255 e. The fraction of sp³-hybridized carbons (Fsp3) is 0.263. The number of rotatable bonds is 3. The molecule has 26 heavy (non-hydrogen) atoms. The molecule has 7 heteroatoms. The molecule has 0 bridgehead atoms. The Balaban J connectivity index is 1.70. The Morgan fingerprint density at radius 1 is 1.04 bits per heavy atom. The summed E-state index contributed by atoms with van der Waals surface area (Å²) >= 11 is 12.1. The van der Waals surface area contributed by atoms with Crippen LogP contribution in [-0.2, 0) is 0 Å². The second-order valence-electron chi connectivity index (χ2n) is 6.10. The molecule has 0 atom stereocenters. The van der Waals surface area contributed by atoms with Gasteiger partial charge in [-0.2, -0.15) is 0 Å². The maximum atomic E-state index is 14.3. The highest BCUT2D eigenvalue weighted by Crippen LogP contribution is 2.27. The highest BCUT2D eigenvalue weighted by molar-refractivity contribution is 6.43. The number of Topliss-reactive ketones (excluding diaryl/α,β-unsaturated/α-hetero) is 1. The van der Waals surface area contributed by atoms with E-state index in [1.807, 2.05) is 4.90 Å². The standard InChI is InChI=1S/C19H17Cl2FN2O2/c1-12(25)13-5-6-17(16(22)11-13)23-7-9-24(10-8-23)19(26)14-3-2-4-15(20)18(14)21/h2-6,11H,7-10H2,1H3. The number of carbonyl (C=O) groups is 2. The van der Waals surface area contributed by atoms with Crippen LogP contribution >= 0.6 is 23.2 Å². The van der Waals surface area contributed by atoms with Gasteiger partial charge in [0.25, 0.3) is 5.91 Å². The summed E-state index contributed by atoms with van der Waals surface area (Å²) in [6.07, 6.45) is 0. The van der Waals surface area contributed by atoms with Gasteiger partial charge in [-0.3, -0.25) is 9.59 Å². The van der Waals surface area contributed by atoms with E-state index in [1.165, 1.54) is 13.0 Å². The number of piperazine rings is 1. The molecule has 0 spiro atoms. The lowest BCUT2D eigenvalue weighted by Crippen LogP contribution is -2.49. The molecular weight excluding hydrogens is 378 g/mol. The van der Waals surface area contributed by atoms with Gasteiger partial charge >= 0.3 is 0 Å². The van der Waals surface area contributed by atoms with Crippen molar-refractivity contribution in [3.8, 4) is 0 Å². The molecule has 1 fully saturated rings. The lowest BCUT2D eigenvalue weighted by atomic mass is 10.1. The summed E-state index contributed by atoms with van der Waals surface area (Å²) < 4.78 is 14.3. The first kappa shape index (κ1) is 18.7. The summed E-state index contributed by atoms with van der Waals surface area (Å²) in [4.78, 5) is 27.5. The maximum Gasteiger partial charge on any atom is 0.255 e. The molecule has 1 saturated heterocycles. The highest BCUT2D eigenvalue weighted by atomic mass is 35.5. The minimum atomic E-state index is -0.435. The second-order valence-corrected chi connectivity index (χ2v) is 6.89. The van der Waals surface area contributed by atoms with Crippen LogP contribution < -0.4 is 4.90 Å². The summed E-state index contributed by atoms with van der Waals surface area (Å²) in [5, 5.41) is 0.580. The van der Waals surface area contributed by atoms with Crippen LogP contribution in [0, 0.1) is 5.82 Å². The molecule has 136 valence electrons. The summed E-state index contributed by atoms with van der Waals surface area (Å²) in [5.41, 5.74) is 1.14. The summed E-state index contributed by atoms with van der Waals surface area (Å²) in [6, 6.07) is 9.43. The van der Waals surface area contributed by atoms with Gasteiger partial charge in [0, 0.05) is 31.7 Å².